The molecular weight excluding hydrogens is 276 g/mol. The summed E-state index contributed by atoms with van der Waals surface area (Å²) in [6.07, 6.45) is 7.11. The monoisotopic (exact) mass is 304 g/mol. The number of rotatable bonds is 6. The summed E-state index contributed by atoms with van der Waals surface area (Å²) in [5, 5.41) is 2.92. The Hall–Kier alpha value is -1.62. The Morgan fingerprint density at radius 1 is 1.27 bits per heavy atom. The Balaban J connectivity index is 2.02. The Labute approximate surface area is 133 Å². The van der Waals surface area contributed by atoms with E-state index in [1.807, 2.05) is 32.2 Å². The highest BCUT2D eigenvalue weighted by Gasteiger charge is 2.33. The number of amides is 1. The quantitative estimate of drug-likeness (QED) is 0.847. The summed E-state index contributed by atoms with van der Waals surface area (Å²) in [6.45, 7) is 6.55. The lowest BCUT2D eigenvalue weighted by Gasteiger charge is -2.29. The lowest BCUT2D eigenvalue weighted by Crippen LogP contribution is -2.41. The molecule has 5 nitrogen and oxygen atoms in total. The van der Waals surface area contributed by atoms with Gasteiger partial charge in [0.05, 0.1) is 17.3 Å². The molecule has 0 unspecified atom stereocenters. The van der Waals surface area contributed by atoms with Gasteiger partial charge in [-0.3, -0.25) is 4.79 Å². The zero-order valence-corrected chi connectivity index (χ0v) is 13.8. The van der Waals surface area contributed by atoms with Crippen molar-refractivity contribution in [3.63, 3.8) is 0 Å². The zero-order valence-electron chi connectivity index (χ0n) is 13.8. The minimum absolute atomic E-state index is 0.0294. The fourth-order valence-corrected chi connectivity index (χ4v) is 3.00. The molecule has 5 heteroatoms. The summed E-state index contributed by atoms with van der Waals surface area (Å²) in [5.41, 5.74) is 6.46. The highest BCUT2D eigenvalue weighted by molar-refractivity contribution is 5.94. The number of hydrogen-bond acceptors (Lipinski definition) is 4. The molecule has 2 heterocycles. The van der Waals surface area contributed by atoms with Crippen LogP contribution in [0, 0.1) is 5.41 Å². The molecule has 1 aromatic heterocycles. The predicted octanol–water partition coefficient (Wildman–Crippen LogP) is 2.78. The number of piperidine rings is 1. The number of pyridine rings is 1. The molecule has 0 atom stereocenters. The second kappa shape index (κ2) is 7.58. The van der Waals surface area contributed by atoms with Gasteiger partial charge < -0.3 is 16.0 Å². The molecule has 1 amide bonds. The third-order valence-electron chi connectivity index (χ3n) is 4.94. The number of nitrogens with two attached hydrogens (primary N) is 1. The van der Waals surface area contributed by atoms with Crippen LogP contribution in [0.25, 0.3) is 0 Å². The average Bonchev–Trinajstić information content (AvgIpc) is 2.58. The minimum Gasteiger partial charge on any atom is -0.370 e. The van der Waals surface area contributed by atoms with Crippen LogP contribution in [0.3, 0.4) is 0 Å². The van der Waals surface area contributed by atoms with Gasteiger partial charge in [0.2, 0.25) is 5.91 Å². The summed E-state index contributed by atoms with van der Waals surface area (Å²) < 4.78 is 0. The second-order valence-corrected chi connectivity index (χ2v) is 6.10. The van der Waals surface area contributed by atoms with Crippen LogP contribution in [0.5, 0.6) is 0 Å². The highest BCUT2D eigenvalue weighted by atomic mass is 16.2. The first kappa shape index (κ1) is 16.7. The smallest absolute Gasteiger partial charge is 0.233 e. The van der Waals surface area contributed by atoms with E-state index < -0.39 is 5.41 Å². The van der Waals surface area contributed by atoms with Crippen molar-refractivity contribution in [1.29, 1.82) is 0 Å². The number of aromatic nitrogens is 1. The minimum atomic E-state index is -0.493. The van der Waals surface area contributed by atoms with E-state index in [4.69, 9.17) is 5.73 Å². The van der Waals surface area contributed by atoms with Crippen LogP contribution in [0.2, 0.25) is 0 Å². The van der Waals surface area contributed by atoms with Gasteiger partial charge in [0.1, 0.15) is 5.82 Å². The second-order valence-electron chi connectivity index (χ2n) is 6.10. The van der Waals surface area contributed by atoms with Gasteiger partial charge >= 0.3 is 0 Å². The van der Waals surface area contributed by atoms with E-state index in [2.05, 4.69) is 15.2 Å². The fraction of sp³-hybridized carbons (Fsp3) is 0.647. The van der Waals surface area contributed by atoms with Crippen LogP contribution >= 0.6 is 0 Å². The Bertz CT molecular complexity index is 468. The molecule has 1 fully saturated rings. The standard InChI is InChI=1S/C17H28N4O/c1-3-17(4-2,13-18)16(22)20-15-9-8-14(12-19-15)21-10-6-5-7-11-21/h8-9,12H,3-7,10-11,13,18H2,1-2H3,(H,19,20,22). The summed E-state index contributed by atoms with van der Waals surface area (Å²) in [7, 11) is 0. The lowest BCUT2D eigenvalue weighted by atomic mass is 9.81. The third-order valence-corrected chi connectivity index (χ3v) is 4.94. The molecule has 122 valence electrons. The van der Waals surface area contributed by atoms with Crippen molar-refractivity contribution in [3.8, 4) is 0 Å². The molecule has 1 aliphatic rings. The van der Waals surface area contributed by atoms with E-state index in [1.54, 1.807) is 0 Å². The van der Waals surface area contributed by atoms with Crippen LogP contribution in [0.4, 0.5) is 11.5 Å². The topological polar surface area (TPSA) is 71.2 Å². The molecule has 2 rings (SSSR count). The van der Waals surface area contributed by atoms with Gasteiger partial charge in [0.25, 0.3) is 0 Å². The first-order valence-electron chi connectivity index (χ1n) is 8.37. The number of nitrogens with zero attached hydrogens (tertiary/aromatic N) is 2. The maximum Gasteiger partial charge on any atom is 0.233 e. The molecule has 0 aromatic carbocycles. The Morgan fingerprint density at radius 3 is 2.45 bits per heavy atom. The zero-order chi connectivity index (χ0) is 16.0. The van der Waals surface area contributed by atoms with Gasteiger partial charge in [-0.25, -0.2) is 4.98 Å². The van der Waals surface area contributed by atoms with E-state index in [-0.39, 0.29) is 5.91 Å². The molecule has 0 saturated carbocycles. The first-order chi connectivity index (χ1) is 10.6. The number of carbonyl (C=O) groups excluding carboxylic acids is 1. The van der Waals surface area contributed by atoms with Crippen LogP contribution in [-0.4, -0.2) is 30.5 Å². The van der Waals surface area contributed by atoms with E-state index in [0.29, 0.717) is 12.4 Å². The highest BCUT2D eigenvalue weighted by Crippen LogP contribution is 2.27. The van der Waals surface area contributed by atoms with Crippen molar-refractivity contribution in [1.82, 2.24) is 4.98 Å². The molecule has 1 saturated heterocycles. The van der Waals surface area contributed by atoms with E-state index >= 15 is 0 Å². The molecule has 3 N–H and O–H groups in total. The SMILES string of the molecule is CCC(CC)(CN)C(=O)Nc1ccc(N2CCCCC2)cn1. The van der Waals surface area contributed by atoms with Crippen molar-refractivity contribution in [3.05, 3.63) is 18.3 Å². The summed E-state index contributed by atoms with van der Waals surface area (Å²) in [4.78, 5) is 19.2. The first-order valence-corrected chi connectivity index (χ1v) is 8.37. The molecule has 0 bridgehead atoms. The number of hydrogen-bond donors (Lipinski definition) is 2. The Kier molecular flexibility index (Phi) is 5.77. The molecule has 0 spiro atoms. The van der Waals surface area contributed by atoms with E-state index in [0.717, 1.165) is 31.6 Å². The van der Waals surface area contributed by atoms with Crippen molar-refractivity contribution >= 4 is 17.4 Å². The van der Waals surface area contributed by atoms with Gasteiger partial charge in [-0.2, -0.15) is 0 Å². The molecular formula is C17H28N4O. The van der Waals surface area contributed by atoms with Crippen molar-refractivity contribution in [2.24, 2.45) is 11.1 Å². The van der Waals surface area contributed by atoms with Gasteiger partial charge in [-0.1, -0.05) is 13.8 Å². The molecule has 22 heavy (non-hydrogen) atoms. The maximum absolute atomic E-state index is 12.5. The van der Waals surface area contributed by atoms with Crippen molar-refractivity contribution in [2.75, 3.05) is 29.9 Å². The predicted molar refractivity (Wildman–Crippen MR) is 91.0 cm³/mol. The summed E-state index contributed by atoms with van der Waals surface area (Å²) >= 11 is 0. The van der Waals surface area contributed by atoms with Gasteiger partial charge in [0.15, 0.2) is 0 Å². The number of carbonyl (C=O) groups is 1. The molecule has 1 aliphatic heterocycles. The molecule has 0 aliphatic carbocycles. The maximum atomic E-state index is 12.5. The average molecular weight is 304 g/mol. The molecule has 1 aromatic rings. The number of anilines is 2. The summed E-state index contributed by atoms with van der Waals surface area (Å²) in [5.74, 6) is 0.573. The van der Waals surface area contributed by atoms with Crippen LogP contribution in [-0.2, 0) is 4.79 Å². The Morgan fingerprint density at radius 2 is 1.95 bits per heavy atom. The van der Waals surface area contributed by atoms with Crippen LogP contribution < -0.4 is 16.0 Å². The van der Waals surface area contributed by atoms with Crippen molar-refractivity contribution < 1.29 is 4.79 Å². The number of nitrogens with one attached hydrogen (secondary N) is 1. The fourth-order valence-electron chi connectivity index (χ4n) is 3.00. The van der Waals surface area contributed by atoms with E-state index in [9.17, 15) is 4.79 Å². The largest absolute Gasteiger partial charge is 0.370 e. The van der Waals surface area contributed by atoms with Crippen LogP contribution in [0.15, 0.2) is 18.3 Å². The van der Waals surface area contributed by atoms with Gasteiger partial charge in [-0.15, -0.1) is 0 Å². The lowest BCUT2D eigenvalue weighted by molar-refractivity contribution is -0.125. The third kappa shape index (κ3) is 3.58. The van der Waals surface area contributed by atoms with E-state index in [1.165, 1.54) is 19.3 Å². The normalized spacial score (nSPS) is 15.7. The van der Waals surface area contributed by atoms with Gasteiger partial charge in [0, 0.05) is 19.6 Å². The summed E-state index contributed by atoms with van der Waals surface area (Å²) in [6, 6.07) is 3.92. The van der Waals surface area contributed by atoms with Crippen molar-refractivity contribution in [2.45, 2.75) is 46.0 Å². The van der Waals surface area contributed by atoms with Gasteiger partial charge in [-0.05, 0) is 44.2 Å². The van der Waals surface area contributed by atoms with Crippen LogP contribution in [0.1, 0.15) is 46.0 Å². The molecule has 0 radical (unpaired) electrons.